The summed E-state index contributed by atoms with van der Waals surface area (Å²) < 4.78 is 11.6. The minimum atomic E-state index is -0.648. The van der Waals surface area contributed by atoms with Crippen molar-refractivity contribution in [3.63, 3.8) is 0 Å². The highest BCUT2D eigenvalue weighted by Crippen LogP contribution is 2.25. The molecule has 96 valence electrons. The van der Waals surface area contributed by atoms with E-state index >= 15 is 0 Å². The van der Waals surface area contributed by atoms with Crippen LogP contribution in [0.5, 0.6) is 0 Å². The van der Waals surface area contributed by atoms with Crippen LogP contribution in [0.2, 0.25) is 0 Å². The lowest BCUT2D eigenvalue weighted by atomic mass is 10.1. The van der Waals surface area contributed by atoms with E-state index < -0.39 is 10.8 Å². The summed E-state index contributed by atoms with van der Waals surface area (Å²) in [6.07, 6.45) is 0. The van der Waals surface area contributed by atoms with E-state index in [1.807, 2.05) is 0 Å². The monoisotopic (exact) mass is 272 g/mol. The molecule has 1 aromatic rings. The van der Waals surface area contributed by atoms with Crippen LogP contribution in [-0.2, 0) is 17.3 Å². The number of aryl methyl sites for hydroxylation is 2. The maximum atomic E-state index is 11.6. The van der Waals surface area contributed by atoms with Crippen LogP contribution in [-0.4, -0.2) is 37.7 Å². The molecule has 1 aliphatic heterocycles. The third kappa shape index (κ3) is 2.95. The summed E-state index contributed by atoms with van der Waals surface area (Å²) in [6, 6.07) is 0. The first-order valence-corrected chi connectivity index (χ1v) is 8.22. The average Bonchev–Trinajstić information content (AvgIpc) is 2.49. The van der Waals surface area contributed by atoms with Gasteiger partial charge in [0.25, 0.3) is 0 Å². The number of nitrogens with zero attached hydrogens (tertiary/aromatic N) is 2. The predicted molar refractivity (Wildman–Crippen MR) is 74.0 cm³/mol. The van der Waals surface area contributed by atoms with Crippen LogP contribution >= 0.6 is 11.3 Å². The van der Waals surface area contributed by atoms with Gasteiger partial charge in [0.05, 0.1) is 10.7 Å². The highest BCUT2D eigenvalue weighted by atomic mass is 32.2. The first-order valence-electron chi connectivity index (χ1n) is 5.91. The molecule has 0 saturated carbocycles. The fourth-order valence-electron chi connectivity index (χ4n) is 2.26. The molecule has 0 N–H and O–H groups in total. The van der Waals surface area contributed by atoms with Crippen LogP contribution in [0.3, 0.4) is 0 Å². The molecular formula is C12H20N2OS2. The summed E-state index contributed by atoms with van der Waals surface area (Å²) in [5.74, 6) is 1.57. The minimum Gasteiger partial charge on any atom is -0.291 e. The number of hydrogen-bond acceptors (Lipinski definition) is 4. The maximum absolute atomic E-state index is 11.6. The molecule has 0 aromatic carbocycles. The third-order valence-electron chi connectivity index (χ3n) is 3.30. The highest BCUT2D eigenvalue weighted by molar-refractivity contribution is 7.85. The number of thiazole rings is 1. The lowest BCUT2D eigenvalue weighted by Crippen LogP contribution is -2.53. The van der Waals surface area contributed by atoms with Gasteiger partial charge in [-0.05, 0) is 27.7 Å². The zero-order chi connectivity index (χ0) is 12.6. The zero-order valence-corrected chi connectivity index (χ0v) is 12.6. The summed E-state index contributed by atoms with van der Waals surface area (Å²) in [5.41, 5.74) is 1.21. The molecule has 3 nitrogen and oxygen atoms in total. The van der Waals surface area contributed by atoms with Gasteiger partial charge < -0.3 is 0 Å². The van der Waals surface area contributed by atoms with Crippen LogP contribution in [0.25, 0.3) is 0 Å². The Labute approximate surface area is 110 Å². The molecule has 0 radical (unpaired) electrons. The van der Waals surface area contributed by atoms with Crippen molar-refractivity contribution in [3.8, 4) is 0 Å². The van der Waals surface area contributed by atoms with E-state index in [1.165, 1.54) is 10.6 Å². The van der Waals surface area contributed by atoms with E-state index in [-0.39, 0.29) is 5.54 Å². The molecule has 1 saturated heterocycles. The Kier molecular flexibility index (Phi) is 3.71. The van der Waals surface area contributed by atoms with Crippen LogP contribution in [0.4, 0.5) is 0 Å². The minimum absolute atomic E-state index is 0.0209. The Morgan fingerprint density at radius 2 is 2.18 bits per heavy atom. The van der Waals surface area contributed by atoms with Gasteiger partial charge in [0.2, 0.25) is 0 Å². The first kappa shape index (κ1) is 13.2. The van der Waals surface area contributed by atoms with Crippen molar-refractivity contribution in [2.24, 2.45) is 0 Å². The topological polar surface area (TPSA) is 33.2 Å². The smallest absolute Gasteiger partial charge is 0.0900 e. The van der Waals surface area contributed by atoms with Crippen molar-refractivity contribution >= 4 is 22.1 Å². The quantitative estimate of drug-likeness (QED) is 0.826. The molecule has 0 spiro atoms. The molecule has 5 heteroatoms. The highest BCUT2D eigenvalue weighted by Gasteiger charge is 2.33. The van der Waals surface area contributed by atoms with Crippen LogP contribution < -0.4 is 0 Å². The van der Waals surface area contributed by atoms with Gasteiger partial charge >= 0.3 is 0 Å². The lowest BCUT2D eigenvalue weighted by Gasteiger charge is -2.41. The molecular weight excluding hydrogens is 252 g/mol. The Bertz CT molecular complexity index is 440. The van der Waals surface area contributed by atoms with Gasteiger partial charge in [-0.3, -0.25) is 9.11 Å². The summed E-state index contributed by atoms with van der Waals surface area (Å²) in [6.45, 7) is 10.3. The molecule has 17 heavy (non-hydrogen) atoms. The van der Waals surface area contributed by atoms with Crippen molar-refractivity contribution in [1.29, 1.82) is 0 Å². The summed E-state index contributed by atoms with van der Waals surface area (Å²) in [5, 5.41) is 1.14. The lowest BCUT2D eigenvalue weighted by molar-refractivity contribution is 0.132. The second-order valence-corrected chi connectivity index (χ2v) is 8.24. The standard InChI is InChI=1S/C12H20N2OS2/c1-9-11(13-10(2)16-9)7-14-5-6-17(15)8-12(14,3)4/h5-8H2,1-4H3/t17-/m1/s1. The van der Waals surface area contributed by atoms with Crippen LogP contribution in [0.1, 0.15) is 29.4 Å². The summed E-state index contributed by atoms with van der Waals surface area (Å²) in [7, 11) is -0.648. The molecule has 0 amide bonds. The van der Waals surface area contributed by atoms with E-state index in [0.29, 0.717) is 0 Å². The first-order chi connectivity index (χ1) is 7.88. The SMILES string of the molecule is Cc1nc(CN2CC[S@@](=O)CC2(C)C)c(C)s1. The van der Waals surface area contributed by atoms with Crippen molar-refractivity contribution < 1.29 is 4.21 Å². The van der Waals surface area contributed by atoms with E-state index in [9.17, 15) is 4.21 Å². The molecule has 0 unspecified atom stereocenters. The Morgan fingerprint density at radius 3 is 2.71 bits per heavy atom. The molecule has 2 rings (SSSR count). The van der Waals surface area contributed by atoms with Gasteiger partial charge in [0.1, 0.15) is 0 Å². The molecule has 1 atom stereocenters. The van der Waals surface area contributed by atoms with Gasteiger partial charge in [-0.1, -0.05) is 0 Å². The normalized spacial score (nSPS) is 25.1. The van der Waals surface area contributed by atoms with E-state index in [4.69, 9.17) is 0 Å². The van der Waals surface area contributed by atoms with Gasteiger partial charge in [-0.15, -0.1) is 11.3 Å². The second-order valence-electron chi connectivity index (χ2n) is 5.26. The third-order valence-corrected chi connectivity index (χ3v) is 5.89. The average molecular weight is 272 g/mol. The van der Waals surface area contributed by atoms with Crippen LogP contribution in [0.15, 0.2) is 0 Å². The fourth-order valence-corrected chi connectivity index (χ4v) is 4.63. The number of hydrogen-bond donors (Lipinski definition) is 0. The summed E-state index contributed by atoms with van der Waals surface area (Å²) in [4.78, 5) is 8.31. The van der Waals surface area contributed by atoms with E-state index in [0.717, 1.165) is 29.6 Å². The molecule has 1 aromatic heterocycles. The largest absolute Gasteiger partial charge is 0.291 e. The number of rotatable bonds is 2. The predicted octanol–water partition coefficient (Wildman–Crippen LogP) is 2.10. The Balaban J connectivity index is 2.13. The number of aromatic nitrogens is 1. The maximum Gasteiger partial charge on any atom is 0.0900 e. The van der Waals surface area contributed by atoms with Gasteiger partial charge in [0.15, 0.2) is 0 Å². The van der Waals surface area contributed by atoms with E-state index in [2.05, 4.69) is 37.6 Å². The summed E-state index contributed by atoms with van der Waals surface area (Å²) >= 11 is 1.76. The zero-order valence-electron chi connectivity index (χ0n) is 10.9. The van der Waals surface area contributed by atoms with Crippen molar-refractivity contribution in [3.05, 3.63) is 15.6 Å². The second kappa shape index (κ2) is 4.78. The van der Waals surface area contributed by atoms with Crippen molar-refractivity contribution in [2.75, 3.05) is 18.1 Å². The Hall–Kier alpha value is -0.260. The van der Waals surface area contributed by atoms with Gasteiger partial charge in [-0.2, -0.15) is 0 Å². The van der Waals surface area contributed by atoms with Crippen molar-refractivity contribution in [1.82, 2.24) is 9.88 Å². The molecule has 0 bridgehead atoms. The molecule has 0 aliphatic carbocycles. The molecule has 1 fully saturated rings. The molecule has 1 aliphatic rings. The van der Waals surface area contributed by atoms with E-state index in [1.54, 1.807) is 11.3 Å². The fraction of sp³-hybridized carbons (Fsp3) is 0.750. The Morgan fingerprint density at radius 1 is 1.47 bits per heavy atom. The van der Waals surface area contributed by atoms with Gasteiger partial charge in [-0.25, -0.2) is 4.98 Å². The van der Waals surface area contributed by atoms with Gasteiger partial charge in [0, 0.05) is 45.8 Å². The molecule has 2 heterocycles. The van der Waals surface area contributed by atoms with Crippen molar-refractivity contribution in [2.45, 2.75) is 39.8 Å². The van der Waals surface area contributed by atoms with Crippen LogP contribution in [0, 0.1) is 13.8 Å².